The van der Waals surface area contributed by atoms with E-state index in [0.29, 0.717) is 43.6 Å². The second-order valence-electron chi connectivity index (χ2n) is 6.12. The Morgan fingerprint density at radius 2 is 2.15 bits per heavy atom. The molecule has 1 aromatic rings. The zero-order chi connectivity index (χ0) is 18.3. The summed E-state index contributed by atoms with van der Waals surface area (Å²) >= 11 is 5.96. The lowest BCUT2D eigenvalue weighted by atomic mass is 10.1. The summed E-state index contributed by atoms with van der Waals surface area (Å²) in [5.41, 5.74) is 1.10. The van der Waals surface area contributed by atoms with Gasteiger partial charge < -0.3 is 10.6 Å². The number of benzene rings is 1. The van der Waals surface area contributed by atoms with Gasteiger partial charge in [0.1, 0.15) is 0 Å². The Kier molecular flexibility index (Phi) is 10.0. The molecule has 1 heterocycles. The molecule has 2 rings (SSSR count). The molecule has 9 heteroatoms. The minimum atomic E-state index is -4.15. The first kappa shape index (κ1) is 23.3. The first-order valence-electron chi connectivity index (χ1n) is 8.44. The molecular weight excluding hydrogens is 480 g/mol. The Morgan fingerprint density at radius 1 is 1.38 bits per heavy atom. The molecule has 148 valence electrons. The van der Waals surface area contributed by atoms with Crippen molar-refractivity contribution in [2.24, 2.45) is 4.99 Å². The highest BCUT2D eigenvalue weighted by Crippen LogP contribution is 2.19. The molecule has 4 nitrogen and oxygen atoms in total. The standard InChI is InChI=1S/C17H24ClF3N4.HI/c1-2-22-16(23-8-6-13-4-3-5-14(18)10-13)24-15-7-9-25(11-15)12-17(19,20)21;/h3-5,10,15H,2,6-9,11-12H2,1H3,(H2,22,23,24);1H. The summed E-state index contributed by atoms with van der Waals surface area (Å²) in [5, 5.41) is 7.07. The number of nitrogens with one attached hydrogen (secondary N) is 2. The second kappa shape index (κ2) is 11.2. The quantitative estimate of drug-likeness (QED) is 0.353. The van der Waals surface area contributed by atoms with Crippen molar-refractivity contribution in [3.8, 4) is 0 Å². The van der Waals surface area contributed by atoms with Gasteiger partial charge in [0.25, 0.3) is 0 Å². The number of alkyl halides is 3. The average molecular weight is 505 g/mol. The van der Waals surface area contributed by atoms with E-state index in [2.05, 4.69) is 15.6 Å². The third-order valence-electron chi connectivity index (χ3n) is 3.92. The molecular formula is C17H25ClF3IN4. The van der Waals surface area contributed by atoms with Crippen molar-refractivity contribution in [3.05, 3.63) is 34.9 Å². The number of hydrogen-bond donors (Lipinski definition) is 2. The van der Waals surface area contributed by atoms with E-state index < -0.39 is 12.7 Å². The lowest BCUT2D eigenvalue weighted by molar-refractivity contribution is -0.143. The van der Waals surface area contributed by atoms with Gasteiger partial charge in [0.2, 0.25) is 0 Å². The van der Waals surface area contributed by atoms with E-state index in [9.17, 15) is 13.2 Å². The molecule has 1 aliphatic rings. The highest BCUT2D eigenvalue weighted by molar-refractivity contribution is 14.0. The van der Waals surface area contributed by atoms with E-state index in [4.69, 9.17) is 11.6 Å². The minimum absolute atomic E-state index is 0. The zero-order valence-corrected chi connectivity index (χ0v) is 17.7. The predicted molar refractivity (Wildman–Crippen MR) is 111 cm³/mol. The number of guanidine groups is 1. The van der Waals surface area contributed by atoms with E-state index in [0.717, 1.165) is 12.0 Å². The van der Waals surface area contributed by atoms with Gasteiger partial charge in [-0.05, 0) is 37.5 Å². The van der Waals surface area contributed by atoms with Crippen LogP contribution in [0.3, 0.4) is 0 Å². The molecule has 0 saturated carbocycles. The van der Waals surface area contributed by atoms with Crippen LogP contribution in [0.25, 0.3) is 0 Å². The van der Waals surface area contributed by atoms with Crippen LogP contribution in [0.4, 0.5) is 13.2 Å². The lowest BCUT2D eigenvalue weighted by Crippen LogP contribution is -2.45. The average Bonchev–Trinajstić information content (AvgIpc) is 2.92. The molecule has 0 radical (unpaired) electrons. The van der Waals surface area contributed by atoms with Gasteiger partial charge in [-0.2, -0.15) is 13.2 Å². The van der Waals surface area contributed by atoms with Crippen molar-refractivity contribution in [1.29, 1.82) is 0 Å². The maximum atomic E-state index is 12.5. The SMILES string of the molecule is CCNC(=NCCc1cccc(Cl)c1)NC1CCN(CC(F)(F)F)C1.I. The van der Waals surface area contributed by atoms with Crippen LogP contribution >= 0.6 is 35.6 Å². The molecule has 1 aromatic carbocycles. The van der Waals surface area contributed by atoms with Gasteiger partial charge in [-0.3, -0.25) is 9.89 Å². The number of likely N-dealkylation sites (tertiary alicyclic amines) is 1. The van der Waals surface area contributed by atoms with Crippen LogP contribution in [0, 0.1) is 0 Å². The van der Waals surface area contributed by atoms with Crippen molar-refractivity contribution < 1.29 is 13.2 Å². The molecule has 1 atom stereocenters. The molecule has 1 fully saturated rings. The Hall–Kier alpha value is -0.740. The molecule has 1 unspecified atom stereocenters. The van der Waals surface area contributed by atoms with E-state index in [-0.39, 0.29) is 30.0 Å². The summed E-state index contributed by atoms with van der Waals surface area (Å²) < 4.78 is 37.4. The number of aliphatic imine (C=N–C) groups is 1. The minimum Gasteiger partial charge on any atom is -0.357 e. The van der Waals surface area contributed by atoms with Crippen molar-refractivity contribution in [1.82, 2.24) is 15.5 Å². The molecule has 1 saturated heterocycles. The van der Waals surface area contributed by atoms with Crippen molar-refractivity contribution in [2.75, 3.05) is 32.7 Å². The lowest BCUT2D eigenvalue weighted by Gasteiger charge is -2.19. The topological polar surface area (TPSA) is 39.7 Å². The van der Waals surface area contributed by atoms with Crippen LogP contribution in [0.5, 0.6) is 0 Å². The van der Waals surface area contributed by atoms with Crippen LogP contribution < -0.4 is 10.6 Å². The van der Waals surface area contributed by atoms with Crippen LogP contribution in [0.15, 0.2) is 29.3 Å². The highest BCUT2D eigenvalue weighted by atomic mass is 127. The van der Waals surface area contributed by atoms with Gasteiger partial charge >= 0.3 is 6.18 Å². The zero-order valence-electron chi connectivity index (χ0n) is 14.7. The first-order valence-corrected chi connectivity index (χ1v) is 8.82. The maximum Gasteiger partial charge on any atom is 0.401 e. The van der Waals surface area contributed by atoms with Crippen LogP contribution in [-0.2, 0) is 6.42 Å². The predicted octanol–water partition coefficient (Wildman–Crippen LogP) is 3.69. The van der Waals surface area contributed by atoms with Crippen molar-refractivity contribution in [2.45, 2.75) is 32.0 Å². The number of nitrogens with zero attached hydrogens (tertiary/aromatic N) is 2. The smallest absolute Gasteiger partial charge is 0.357 e. The monoisotopic (exact) mass is 504 g/mol. The summed E-state index contributed by atoms with van der Waals surface area (Å²) in [6.45, 7) is 3.19. The molecule has 0 bridgehead atoms. The Morgan fingerprint density at radius 3 is 2.81 bits per heavy atom. The molecule has 1 aliphatic heterocycles. The number of rotatable bonds is 6. The summed E-state index contributed by atoms with van der Waals surface area (Å²) in [6, 6.07) is 7.61. The fourth-order valence-electron chi connectivity index (χ4n) is 2.85. The summed E-state index contributed by atoms with van der Waals surface area (Å²) in [4.78, 5) is 5.94. The molecule has 0 aliphatic carbocycles. The summed E-state index contributed by atoms with van der Waals surface area (Å²) in [5.74, 6) is 0.642. The van der Waals surface area contributed by atoms with Crippen LogP contribution in [-0.4, -0.2) is 55.8 Å². The van der Waals surface area contributed by atoms with Gasteiger partial charge in [-0.15, -0.1) is 24.0 Å². The highest BCUT2D eigenvalue weighted by Gasteiger charge is 2.34. The Balaban J connectivity index is 0.00000338. The number of halogens is 5. The Labute approximate surface area is 174 Å². The molecule has 0 aromatic heterocycles. The largest absolute Gasteiger partial charge is 0.401 e. The fraction of sp³-hybridized carbons (Fsp3) is 0.588. The van der Waals surface area contributed by atoms with Gasteiger partial charge in [0.15, 0.2) is 5.96 Å². The third-order valence-corrected chi connectivity index (χ3v) is 4.15. The van der Waals surface area contributed by atoms with Gasteiger partial charge in [0.05, 0.1) is 6.54 Å². The van der Waals surface area contributed by atoms with E-state index in [1.54, 1.807) is 0 Å². The van der Waals surface area contributed by atoms with Crippen LogP contribution in [0.2, 0.25) is 5.02 Å². The van der Waals surface area contributed by atoms with Crippen molar-refractivity contribution >= 4 is 41.5 Å². The van der Waals surface area contributed by atoms with Gasteiger partial charge in [-0.1, -0.05) is 23.7 Å². The van der Waals surface area contributed by atoms with Crippen molar-refractivity contribution in [3.63, 3.8) is 0 Å². The maximum absolute atomic E-state index is 12.5. The van der Waals surface area contributed by atoms with E-state index >= 15 is 0 Å². The fourth-order valence-corrected chi connectivity index (χ4v) is 3.06. The van der Waals surface area contributed by atoms with E-state index in [1.165, 1.54) is 4.90 Å². The van der Waals surface area contributed by atoms with Crippen LogP contribution in [0.1, 0.15) is 18.9 Å². The molecule has 26 heavy (non-hydrogen) atoms. The normalized spacial score (nSPS) is 18.5. The summed E-state index contributed by atoms with van der Waals surface area (Å²) in [7, 11) is 0. The first-order chi connectivity index (χ1) is 11.9. The molecule has 0 amide bonds. The van der Waals surface area contributed by atoms with E-state index in [1.807, 2.05) is 31.2 Å². The molecule has 2 N–H and O–H groups in total. The second-order valence-corrected chi connectivity index (χ2v) is 6.56. The Bertz CT molecular complexity index is 583. The third kappa shape index (κ3) is 8.77. The number of hydrogen-bond acceptors (Lipinski definition) is 2. The van der Waals surface area contributed by atoms with Gasteiger partial charge in [-0.25, -0.2) is 0 Å². The molecule has 0 spiro atoms. The van der Waals surface area contributed by atoms with Gasteiger partial charge in [0, 0.05) is 37.2 Å². The summed E-state index contributed by atoms with van der Waals surface area (Å²) in [6.07, 6.45) is -2.72.